The first-order valence-corrected chi connectivity index (χ1v) is 12.7. The molecule has 2 fully saturated rings. The number of benzene rings is 1. The van der Waals surface area contributed by atoms with E-state index in [0.717, 1.165) is 58.0 Å². The van der Waals surface area contributed by atoms with Gasteiger partial charge in [-0.25, -0.2) is 0 Å². The summed E-state index contributed by atoms with van der Waals surface area (Å²) in [5, 5.41) is 11.7. The van der Waals surface area contributed by atoms with E-state index in [1.54, 1.807) is 0 Å². The first kappa shape index (κ1) is 24.7. The van der Waals surface area contributed by atoms with Crippen molar-refractivity contribution in [1.29, 1.82) is 0 Å². The van der Waals surface area contributed by atoms with E-state index >= 15 is 0 Å². The highest BCUT2D eigenvalue weighted by molar-refractivity contribution is 8.93. The van der Waals surface area contributed by atoms with Gasteiger partial charge in [0.15, 0.2) is 0 Å². The van der Waals surface area contributed by atoms with E-state index in [1.807, 2.05) is 0 Å². The van der Waals surface area contributed by atoms with Gasteiger partial charge in [-0.2, -0.15) is 0 Å². The molecule has 6 heteroatoms. The second-order valence-electron chi connectivity index (χ2n) is 10.5. The largest absolute Gasteiger partial charge is 0.459 e. The zero-order chi connectivity index (χ0) is 22.4. The summed E-state index contributed by atoms with van der Waals surface area (Å²) in [5.74, 6) is 0.123. The van der Waals surface area contributed by atoms with Crippen molar-refractivity contribution < 1.29 is 14.6 Å². The number of likely N-dealkylation sites (tertiary alicyclic amines) is 1. The molecule has 1 aromatic carbocycles. The maximum atomic E-state index is 13.3. The van der Waals surface area contributed by atoms with Gasteiger partial charge in [-0.05, 0) is 76.1 Å². The molecule has 1 saturated carbocycles. The minimum atomic E-state index is -0.502. The molecule has 2 aromatic rings. The molecule has 182 valence electrons. The van der Waals surface area contributed by atoms with E-state index in [0.29, 0.717) is 18.0 Å². The standard InChI is InChI=1S/C27H38N2O3.BrH/c1-4-12-28-15-19(27(31)32-25-11-6-5-10-24(25)30)13-21-20-8-7-9-22-26(20)18(14-23(21)28)16-29(22)17(2)3;/h7-9,16-17,19,21,23-25,30H,4-6,10-15H2,1-3H3;1H/t19-,21-,23-,24?,25?;/m1./s1. The van der Waals surface area contributed by atoms with Crippen LogP contribution >= 0.6 is 17.0 Å². The van der Waals surface area contributed by atoms with E-state index < -0.39 is 6.10 Å². The van der Waals surface area contributed by atoms with Crippen molar-refractivity contribution in [2.75, 3.05) is 13.1 Å². The molecule has 1 aromatic heterocycles. The quantitative estimate of drug-likeness (QED) is 0.539. The minimum absolute atomic E-state index is 0. The molecule has 3 aliphatic rings. The normalized spacial score (nSPS) is 29.5. The van der Waals surface area contributed by atoms with Crippen molar-refractivity contribution in [1.82, 2.24) is 9.47 Å². The van der Waals surface area contributed by atoms with Crippen LogP contribution in [0.25, 0.3) is 10.9 Å². The lowest BCUT2D eigenvalue weighted by Crippen LogP contribution is -2.52. The lowest BCUT2D eigenvalue weighted by atomic mass is 9.72. The Balaban J connectivity index is 0.00000259. The fourth-order valence-corrected chi connectivity index (χ4v) is 6.53. The summed E-state index contributed by atoms with van der Waals surface area (Å²) in [5.41, 5.74) is 4.19. The van der Waals surface area contributed by atoms with Gasteiger partial charge in [-0.3, -0.25) is 9.69 Å². The van der Waals surface area contributed by atoms with Gasteiger partial charge in [0.1, 0.15) is 6.10 Å². The SMILES string of the molecule is Br.CCCN1C[C@H](C(=O)OC2CCCCC2O)C[C@@H]2c3cccc4c3c(cn4C(C)C)C[C@H]21. The summed E-state index contributed by atoms with van der Waals surface area (Å²) in [6.45, 7) is 8.49. The second-order valence-corrected chi connectivity index (χ2v) is 10.5. The third kappa shape index (κ3) is 4.51. The molecule has 2 unspecified atom stereocenters. The summed E-state index contributed by atoms with van der Waals surface area (Å²) in [6, 6.07) is 7.59. The second kappa shape index (κ2) is 10.1. The van der Waals surface area contributed by atoms with Crippen LogP contribution in [-0.2, 0) is 16.0 Å². The van der Waals surface area contributed by atoms with E-state index in [2.05, 4.69) is 54.6 Å². The van der Waals surface area contributed by atoms with E-state index in [1.165, 1.54) is 22.0 Å². The molecule has 0 amide bonds. The predicted octanol–water partition coefficient (Wildman–Crippen LogP) is 5.39. The molecule has 0 bridgehead atoms. The van der Waals surface area contributed by atoms with Gasteiger partial charge in [0.25, 0.3) is 0 Å². The van der Waals surface area contributed by atoms with Gasteiger partial charge in [0, 0.05) is 41.6 Å². The molecule has 5 atom stereocenters. The number of hydrogen-bond acceptors (Lipinski definition) is 4. The minimum Gasteiger partial charge on any atom is -0.459 e. The number of piperidine rings is 1. The third-order valence-corrected chi connectivity index (χ3v) is 8.06. The molecular weight excluding hydrogens is 480 g/mol. The number of carbonyl (C=O) groups excluding carboxylic acids is 1. The van der Waals surface area contributed by atoms with E-state index in [9.17, 15) is 9.90 Å². The highest BCUT2D eigenvalue weighted by atomic mass is 79.9. The van der Waals surface area contributed by atoms with Crippen LogP contribution in [0.1, 0.15) is 82.4 Å². The van der Waals surface area contributed by atoms with Crippen molar-refractivity contribution in [3.05, 3.63) is 35.5 Å². The zero-order valence-electron chi connectivity index (χ0n) is 20.2. The van der Waals surface area contributed by atoms with Crippen LogP contribution in [0.5, 0.6) is 0 Å². The topological polar surface area (TPSA) is 54.7 Å². The Hall–Kier alpha value is -1.37. The van der Waals surface area contributed by atoms with Crippen molar-refractivity contribution in [2.24, 2.45) is 5.92 Å². The molecule has 5 rings (SSSR count). The molecular formula is C27H39BrN2O3. The maximum Gasteiger partial charge on any atom is 0.310 e. The number of rotatable bonds is 5. The Morgan fingerprint density at radius 3 is 2.76 bits per heavy atom. The Morgan fingerprint density at radius 1 is 1.24 bits per heavy atom. The Morgan fingerprint density at radius 2 is 2.03 bits per heavy atom. The van der Waals surface area contributed by atoms with Gasteiger partial charge in [0.05, 0.1) is 12.0 Å². The lowest BCUT2D eigenvalue weighted by molar-refractivity contribution is -0.165. The Labute approximate surface area is 208 Å². The number of aromatic nitrogens is 1. The van der Waals surface area contributed by atoms with Gasteiger partial charge >= 0.3 is 5.97 Å². The highest BCUT2D eigenvalue weighted by Gasteiger charge is 2.44. The van der Waals surface area contributed by atoms with Gasteiger partial charge in [-0.15, -0.1) is 17.0 Å². The van der Waals surface area contributed by atoms with E-state index in [-0.39, 0.29) is 35.0 Å². The number of aliphatic hydroxyl groups is 1. The number of esters is 1. The fraction of sp³-hybridized carbons (Fsp3) is 0.667. The molecule has 2 aliphatic carbocycles. The molecule has 33 heavy (non-hydrogen) atoms. The first-order valence-electron chi connectivity index (χ1n) is 12.7. The smallest absolute Gasteiger partial charge is 0.310 e. The molecule has 5 nitrogen and oxygen atoms in total. The van der Waals surface area contributed by atoms with Crippen LogP contribution in [-0.4, -0.2) is 51.9 Å². The molecule has 0 radical (unpaired) electrons. The predicted molar refractivity (Wildman–Crippen MR) is 137 cm³/mol. The van der Waals surface area contributed by atoms with Crippen LogP contribution in [0.2, 0.25) is 0 Å². The number of fused-ring (bicyclic) bond motifs is 2. The Bertz CT molecular complexity index is 987. The summed E-state index contributed by atoms with van der Waals surface area (Å²) < 4.78 is 8.32. The van der Waals surface area contributed by atoms with Crippen molar-refractivity contribution in [3.8, 4) is 0 Å². The third-order valence-electron chi connectivity index (χ3n) is 8.06. The number of ether oxygens (including phenoxy) is 1. The molecule has 1 aliphatic heterocycles. The van der Waals surface area contributed by atoms with Crippen LogP contribution in [0.3, 0.4) is 0 Å². The summed E-state index contributed by atoms with van der Waals surface area (Å²) in [6.07, 6.45) is 8.11. The number of aliphatic hydroxyl groups excluding tert-OH is 1. The lowest BCUT2D eigenvalue weighted by Gasteiger charge is -2.46. The maximum absolute atomic E-state index is 13.3. The van der Waals surface area contributed by atoms with Crippen LogP contribution in [0.15, 0.2) is 24.4 Å². The average molecular weight is 520 g/mol. The zero-order valence-corrected chi connectivity index (χ0v) is 21.9. The number of hydrogen-bond donors (Lipinski definition) is 1. The van der Waals surface area contributed by atoms with Gasteiger partial charge in [-0.1, -0.05) is 25.5 Å². The van der Waals surface area contributed by atoms with Gasteiger partial charge in [0.2, 0.25) is 0 Å². The fourth-order valence-electron chi connectivity index (χ4n) is 6.53. The molecule has 1 saturated heterocycles. The van der Waals surface area contributed by atoms with Crippen LogP contribution in [0.4, 0.5) is 0 Å². The van der Waals surface area contributed by atoms with Crippen molar-refractivity contribution in [3.63, 3.8) is 0 Å². The van der Waals surface area contributed by atoms with Crippen LogP contribution < -0.4 is 0 Å². The summed E-state index contributed by atoms with van der Waals surface area (Å²) >= 11 is 0. The molecule has 2 heterocycles. The molecule has 0 spiro atoms. The Kier molecular flexibility index (Phi) is 7.56. The molecule has 1 N–H and O–H groups in total. The van der Waals surface area contributed by atoms with E-state index in [4.69, 9.17) is 4.74 Å². The highest BCUT2D eigenvalue weighted by Crippen LogP contribution is 2.46. The average Bonchev–Trinajstić information content (AvgIpc) is 3.16. The van der Waals surface area contributed by atoms with Crippen molar-refractivity contribution >= 4 is 33.9 Å². The summed E-state index contributed by atoms with van der Waals surface area (Å²) in [4.78, 5) is 15.8. The number of halogens is 1. The van der Waals surface area contributed by atoms with Crippen molar-refractivity contribution in [2.45, 2.75) is 95.9 Å². The number of carbonyl (C=O) groups is 1. The monoisotopic (exact) mass is 518 g/mol. The van der Waals surface area contributed by atoms with Crippen LogP contribution in [0, 0.1) is 5.92 Å². The number of nitrogens with zero attached hydrogens (tertiary/aromatic N) is 2. The first-order chi connectivity index (χ1) is 15.5. The summed E-state index contributed by atoms with van der Waals surface area (Å²) in [7, 11) is 0. The van der Waals surface area contributed by atoms with Gasteiger partial charge < -0.3 is 14.4 Å².